The molecule has 2 aliphatic rings. The smallest absolute Gasteiger partial charge is 0.251 e. The molecule has 23 heavy (non-hydrogen) atoms. The van der Waals surface area contributed by atoms with Crippen molar-refractivity contribution in [3.05, 3.63) is 41.0 Å². The molecule has 0 aromatic carbocycles. The Morgan fingerprint density at radius 2 is 2.17 bits per heavy atom. The van der Waals surface area contributed by atoms with Crippen molar-refractivity contribution in [2.75, 3.05) is 25.0 Å². The highest BCUT2D eigenvalue weighted by Gasteiger charge is 2.21. The van der Waals surface area contributed by atoms with Crippen LogP contribution in [0, 0.1) is 5.92 Å². The van der Waals surface area contributed by atoms with E-state index in [-0.39, 0.29) is 17.9 Å². The molecule has 2 heterocycles. The summed E-state index contributed by atoms with van der Waals surface area (Å²) in [4.78, 5) is 20.9. The average Bonchev–Trinajstić information content (AvgIpc) is 2.56. The van der Waals surface area contributed by atoms with Crippen LogP contribution in [-0.4, -0.2) is 35.6 Å². The number of ether oxygens (including phenoxy) is 1. The van der Waals surface area contributed by atoms with Crippen LogP contribution in [0.15, 0.2) is 35.2 Å². The van der Waals surface area contributed by atoms with Crippen molar-refractivity contribution in [1.29, 1.82) is 0 Å². The maximum Gasteiger partial charge on any atom is 0.251 e. The first-order valence-electron chi connectivity index (χ1n) is 7.65. The van der Waals surface area contributed by atoms with Gasteiger partial charge in [0.15, 0.2) is 5.82 Å². The zero-order valence-electron chi connectivity index (χ0n) is 12.9. The van der Waals surface area contributed by atoms with Gasteiger partial charge in [-0.2, -0.15) is 0 Å². The summed E-state index contributed by atoms with van der Waals surface area (Å²) in [6, 6.07) is 0. The zero-order chi connectivity index (χ0) is 16.2. The minimum absolute atomic E-state index is 0.0920. The molecular weight excluding hydrogens is 316 g/mol. The Hall–Kier alpha value is -1.76. The van der Waals surface area contributed by atoms with Gasteiger partial charge in [0.05, 0.1) is 24.7 Å². The highest BCUT2D eigenvalue weighted by atomic mass is 35.5. The lowest BCUT2D eigenvalue weighted by molar-refractivity contribution is -0.113. The van der Waals surface area contributed by atoms with E-state index >= 15 is 0 Å². The predicted molar refractivity (Wildman–Crippen MR) is 88.0 cm³/mol. The highest BCUT2D eigenvalue weighted by Crippen LogP contribution is 2.27. The van der Waals surface area contributed by atoms with Crippen LogP contribution in [0.1, 0.15) is 25.3 Å². The van der Waals surface area contributed by atoms with Gasteiger partial charge < -0.3 is 15.4 Å². The molecule has 0 saturated carbocycles. The number of nitrogens with one attached hydrogen (secondary N) is 2. The van der Waals surface area contributed by atoms with E-state index in [1.165, 1.54) is 0 Å². The quantitative estimate of drug-likeness (QED) is 0.886. The molecule has 0 spiro atoms. The number of anilines is 1. The Kier molecular flexibility index (Phi) is 5.05. The van der Waals surface area contributed by atoms with Gasteiger partial charge in [0, 0.05) is 23.7 Å². The first kappa shape index (κ1) is 16.1. The topological polar surface area (TPSA) is 76.1 Å². The lowest BCUT2D eigenvalue weighted by atomic mass is 9.92. The molecule has 1 aliphatic heterocycles. The number of nitrogens with zero attached hydrogens (tertiary/aromatic N) is 2. The van der Waals surface area contributed by atoms with Crippen molar-refractivity contribution in [2.24, 2.45) is 5.92 Å². The molecule has 2 unspecified atom stereocenters. The molecule has 2 atom stereocenters. The first-order chi connectivity index (χ1) is 11.1. The Morgan fingerprint density at radius 3 is 2.83 bits per heavy atom. The van der Waals surface area contributed by atoms with E-state index < -0.39 is 0 Å². The minimum Gasteiger partial charge on any atom is -0.368 e. The third-order valence-corrected chi connectivity index (χ3v) is 4.16. The number of halogens is 1. The largest absolute Gasteiger partial charge is 0.368 e. The molecule has 1 fully saturated rings. The van der Waals surface area contributed by atoms with Crippen LogP contribution in [0.4, 0.5) is 5.69 Å². The van der Waals surface area contributed by atoms with Gasteiger partial charge in [0.2, 0.25) is 0 Å². The van der Waals surface area contributed by atoms with E-state index in [9.17, 15) is 4.79 Å². The SMILES string of the molecule is CC1CC(Cl)=CC=C1C(=O)Nc1cnc(C2CNCCO2)nc1. The summed E-state index contributed by atoms with van der Waals surface area (Å²) >= 11 is 5.98. The molecule has 122 valence electrons. The average molecular weight is 335 g/mol. The summed E-state index contributed by atoms with van der Waals surface area (Å²) in [7, 11) is 0. The van der Waals surface area contributed by atoms with Gasteiger partial charge >= 0.3 is 0 Å². The van der Waals surface area contributed by atoms with Gasteiger partial charge in [-0.1, -0.05) is 24.6 Å². The van der Waals surface area contributed by atoms with Crippen LogP contribution >= 0.6 is 11.6 Å². The van der Waals surface area contributed by atoms with E-state index in [0.29, 0.717) is 36.7 Å². The second kappa shape index (κ2) is 7.21. The Labute approximate surface area is 140 Å². The normalized spacial score (nSPS) is 24.6. The molecule has 0 radical (unpaired) electrons. The molecule has 0 bridgehead atoms. The van der Waals surface area contributed by atoms with E-state index in [1.54, 1.807) is 24.5 Å². The summed E-state index contributed by atoms with van der Waals surface area (Å²) in [6.45, 7) is 4.17. The number of hydrogen-bond acceptors (Lipinski definition) is 5. The summed E-state index contributed by atoms with van der Waals surface area (Å²) in [5.74, 6) is 0.564. The Balaban J connectivity index is 1.65. The third-order valence-electron chi connectivity index (χ3n) is 3.88. The summed E-state index contributed by atoms with van der Waals surface area (Å²) in [6.07, 6.45) is 7.29. The van der Waals surface area contributed by atoms with Gasteiger partial charge in [-0.15, -0.1) is 0 Å². The third kappa shape index (κ3) is 3.96. The lowest BCUT2D eigenvalue weighted by Gasteiger charge is -2.22. The number of morpholine rings is 1. The molecule has 3 rings (SSSR count). The van der Waals surface area contributed by atoms with Gasteiger partial charge in [-0.25, -0.2) is 9.97 Å². The molecular formula is C16H19ClN4O2. The number of aromatic nitrogens is 2. The van der Waals surface area contributed by atoms with Crippen LogP contribution < -0.4 is 10.6 Å². The maximum absolute atomic E-state index is 12.3. The fourth-order valence-corrected chi connectivity index (χ4v) is 2.91. The van der Waals surface area contributed by atoms with Crippen LogP contribution in [0.2, 0.25) is 0 Å². The van der Waals surface area contributed by atoms with Crippen molar-refractivity contribution in [3.8, 4) is 0 Å². The lowest BCUT2D eigenvalue weighted by Crippen LogP contribution is -2.34. The summed E-state index contributed by atoms with van der Waals surface area (Å²) in [5, 5.41) is 6.83. The Morgan fingerprint density at radius 1 is 1.39 bits per heavy atom. The van der Waals surface area contributed by atoms with E-state index in [1.807, 2.05) is 6.92 Å². The number of carbonyl (C=O) groups excluding carboxylic acids is 1. The molecule has 6 nitrogen and oxygen atoms in total. The van der Waals surface area contributed by atoms with Crippen molar-refractivity contribution < 1.29 is 9.53 Å². The van der Waals surface area contributed by atoms with Crippen LogP contribution in [0.5, 0.6) is 0 Å². The zero-order valence-corrected chi connectivity index (χ0v) is 13.6. The van der Waals surface area contributed by atoms with Crippen molar-refractivity contribution >= 4 is 23.2 Å². The minimum atomic E-state index is -0.148. The fraction of sp³-hybridized carbons (Fsp3) is 0.438. The van der Waals surface area contributed by atoms with Gasteiger partial charge in [0.1, 0.15) is 6.10 Å². The standard InChI is InChI=1S/C16H19ClN4O2/c1-10-6-11(17)2-3-13(10)16(22)21-12-7-19-15(20-8-12)14-9-18-4-5-23-14/h2-3,7-8,10,14,18H,4-6,9H2,1H3,(H,21,22). The maximum atomic E-state index is 12.3. The number of hydrogen-bond donors (Lipinski definition) is 2. The molecule has 7 heteroatoms. The molecule has 1 aliphatic carbocycles. The van der Waals surface area contributed by atoms with E-state index in [4.69, 9.17) is 16.3 Å². The second-order valence-corrected chi connectivity index (χ2v) is 6.17. The fourth-order valence-electron chi connectivity index (χ4n) is 2.62. The number of amides is 1. The summed E-state index contributed by atoms with van der Waals surface area (Å²) in [5.41, 5.74) is 1.27. The molecule has 1 aromatic rings. The van der Waals surface area contributed by atoms with Crippen LogP contribution in [0.3, 0.4) is 0 Å². The van der Waals surface area contributed by atoms with Crippen molar-refractivity contribution in [1.82, 2.24) is 15.3 Å². The van der Waals surface area contributed by atoms with Gasteiger partial charge in [0.25, 0.3) is 5.91 Å². The van der Waals surface area contributed by atoms with Crippen molar-refractivity contribution in [3.63, 3.8) is 0 Å². The van der Waals surface area contributed by atoms with Crippen LogP contribution in [0.25, 0.3) is 0 Å². The second-order valence-electron chi connectivity index (χ2n) is 5.69. The highest BCUT2D eigenvalue weighted by molar-refractivity contribution is 6.30. The summed E-state index contributed by atoms with van der Waals surface area (Å²) < 4.78 is 5.60. The van der Waals surface area contributed by atoms with Crippen molar-refractivity contribution in [2.45, 2.75) is 19.4 Å². The number of rotatable bonds is 3. The monoisotopic (exact) mass is 334 g/mol. The number of carbonyl (C=O) groups is 1. The first-order valence-corrected chi connectivity index (χ1v) is 8.03. The molecule has 1 amide bonds. The Bertz CT molecular complexity index is 636. The molecule has 1 saturated heterocycles. The predicted octanol–water partition coefficient (Wildman–Crippen LogP) is 2.16. The van der Waals surface area contributed by atoms with Gasteiger partial charge in [-0.3, -0.25) is 4.79 Å². The van der Waals surface area contributed by atoms with E-state index in [2.05, 4.69) is 20.6 Å². The van der Waals surface area contributed by atoms with Crippen LogP contribution in [-0.2, 0) is 9.53 Å². The molecule has 2 N–H and O–H groups in total. The van der Waals surface area contributed by atoms with Gasteiger partial charge in [-0.05, 0) is 18.4 Å². The number of allylic oxidation sites excluding steroid dienone is 3. The van der Waals surface area contributed by atoms with E-state index in [0.717, 1.165) is 11.6 Å². The molecule has 1 aromatic heterocycles.